The predicted octanol–water partition coefficient (Wildman–Crippen LogP) is 1.29. The fourth-order valence-electron chi connectivity index (χ4n) is 1.42. The van der Waals surface area contributed by atoms with Gasteiger partial charge in [0.15, 0.2) is 4.90 Å². The van der Waals surface area contributed by atoms with E-state index in [1.807, 2.05) is 0 Å². The van der Waals surface area contributed by atoms with E-state index in [4.69, 9.17) is 0 Å². The normalized spacial score (nSPS) is 11.1. The lowest BCUT2D eigenvalue weighted by Gasteiger charge is -2.07. The first kappa shape index (κ1) is 14.1. The Morgan fingerprint density at radius 2 is 2.15 bits per heavy atom. The smallest absolute Gasteiger partial charge is 0.290 e. The third-order valence-corrected chi connectivity index (χ3v) is 4.42. The minimum absolute atomic E-state index is 0.0363. The Balaban J connectivity index is 2.51. The van der Waals surface area contributed by atoms with E-state index in [1.54, 1.807) is 7.05 Å². The second-order valence-corrected chi connectivity index (χ2v) is 6.02. The topological polar surface area (TPSA) is 127 Å². The van der Waals surface area contributed by atoms with Crippen molar-refractivity contribution in [2.45, 2.75) is 4.90 Å². The van der Waals surface area contributed by atoms with E-state index in [-0.39, 0.29) is 5.13 Å². The fraction of sp³-hybridized carbons (Fsp3) is 0.111. The quantitative estimate of drug-likeness (QED) is 0.628. The molecule has 0 radical (unpaired) electrons. The van der Waals surface area contributed by atoms with Crippen molar-refractivity contribution in [1.29, 1.82) is 0 Å². The molecular weight excluding hydrogens is 306 g/mol. The number of nitro groups is 1. The van der Waals surface area contributed by atoms with Crippen LogP contribution in [0.4, 0.5) is 16.5 Å². The summed E-state index contributed by atoms with van der Waals surface area (Å²) in [5, 5.41) is 20.7. The largest absolute Gasteiger partial charge is 0.388 e. The molecule has 0 amide bonds. The van der Waals surface area contributed by atoms with E-state index in [1.165, 1.54) is 17.6 Å². The second kappa shape index (κ2) is 5.38. The molecule has 0 saturated heterocycles. The highest BCUT2D eigenvalue weighted by molar-refractivity contribution is 7.93. The molecule has 0 aliphatic rings. The molecule has 1 heterocycles. The maximum Gasteiger partial charge on any atom is 0.290 e. The molecule has 11 heteroatoms. The highest BCUT2D eigenvalue weighted by Crippen LogP contribution is 2.28. The SMILES string of the molecule is CNc1ccc([N+](=O)[O-])c(S(=O)(=O)Nc2nncs2)c1. The van der Waals surface area contributed by atoms with Gasteiger partial charge in [0.2, 0.25) is 5.13 Å². The molecule has 2 aromatic rings. The van der Waals surface area contributed by atoms with E-state index in [0.29, 0.717) is 5.69 Å². The average molecular weight is 315 g/mol. The molecule has 0 aliphatic carbocycles. The van der Waals surface area contributed by atoms with Gasteiger partial charge in [-0.3, -0.25) is 14.8 Å². The summed E-state index contributed by atoms with van der Waals surface area (Å²) < 4.78 is 26.5. The summed E-state index contributed by atoms with van der Waals surface area (Å²) >= 11 is 0.971. The van der Waals surface area contributed by atoms with Gasteiger partial charge in [0.1, 0.15) is 5.51 Å². The molecule has 106 valence electrons. The molecule has 1 aromatic carbocycles. The first-order valence-electron chi connectivity index (χ1n) is 5.19. The maximum absolute atomic E-state index is 12.2. The number of anilines is 2. The Kier molecular flexibility index (Phi) is 3.81. The lowest BCUT2D eigenvalue weighted by molar-refractivity contribution is -0.387. The van der Waals surface area contributed by atoms with Crippen molar-refractivity contribution in [2.24, 2.45) is 0 Å². The van der Waals surface area contributed by atoms with Gasteiger partial charge >= 0.3 is 0 Å². The molecule has 0 unspecified atom stereocenters. The molecule has 20 heavy (non-hydrogen) atoms. The third kappa shape index (κ3) is 2.83. The predicted molar refractivity (Wildman–Crippen MR) is 73.4 cm³/mol. The van der Waals surface area contributed by atoms with Crippen LogP contribution in [0, 0.1) is 10.1 Å². The second-order valence-electron chi connectivity index (χ2n) is 3.54. The standard InChI is InChI=1S/C9H9N5O4S2/c1-10-6-2-3-7(14(15)16)8(4-6)20(17,18)13-9-12-11-5-19-9/h2-5,10H,1H3,(H,12,13). The first-order chi connectivity index (χ1) is 9.44. The van der Waals surface area contributed by atoms with Crippen LogP contribution < -0.4 is 10.0 Å². The zero-order valence-electron chi connectivity index (χ0n) is 10.1. The van der Waals surface area contributed by atoms with Crippen LogP contribution in [0.15, 0.2) is 28.6 Å². The van der Waals surface area contributed by atoms with Crippen LogP contribution in [0.5, 0.6) is 0 Å². The minimum Gasteiger partial charge on any atom is -0.388 e. The Morgan fingerprint density at radius 3 is 2.70 bits per heavy atom. The van der Waals surface area contributed by atoms with Gasteiger partial charge in [0.25, 0.3) is 15.7 Å². The van der Waals surface area contributed by atoms with Crippen LogP contribution in [-0.2, 0) is 10.0 Å². The Bertz CT molecular complexity index is 729. The molecule has 0 atom stereocenters. The molecule has 0 bridgehead atoms. The maximum atomic E-state index is 12.2. The zero-order chi connectivity index (χ0) is 14.8. The Labute approximate surface area is 117 Å². The molecule has 9 nitrogen and oxygen atoms in total. The van der Waals surface area contributed by atoms with Crippen LogP contribution >= 0.6 is 11.3 Å². The highest BCUT2D eigenvalue weighted by Gasteiger charge is 2.27. The van der Waals surface area contributed by atoms with Crippen LogP contribution in [0.25, 0.3) is 0 Å². The first-order valence-corrected chi connectivity index (χ1v) is 7.55. The summed E-state index contributed by atoms with van der Waals surface area (Å²) in [5.74, 6) is 0. The molecule has 1 aromatic heterocycles. The van der Waals surface area contributed by atoms with E-state index < -0.39 is 25.5 Å². The number of rotatable bonds is 5. The van der Waals surface area contributed by atoms with Crippen molar-refractivity contribution < 1.29 is 13.3 Å². The van der Waals surface area contributed by atoms with Crippen molar-refractivity contribution in [2.75, 3.05) is 17.1 Å². The molecule has 0 spiro atoms. The van der Waals surface area contributed by atoms with Gasteiger partial charge < -0.3 is 5.32 Å². The number of benzene rings is 1. The molecule has 0 fully saturated rings. The summed E-state index contributed by atoms with van der Waals surface area (Å²) in [4.78, 5) is 9.74. The number of nitrogens with one attached hydrogen (secondary N) is 2. The van der Waals surface area contributed by atoms with E-state index in [2.05, 4.69) is 20.2 Å². The third-order valence-electron chi connectivity index (χ3n) is 2.32. The summed E-state index contributed by atoms with van der Waals surface area (Å²) in [6.07, 6.45) is 0. The molecule has 0 aliphatic heterocycles. The van der Waals surface area contributed by atoms with Gasteiger partial charge in [-0.25, -0.2) is 8.42 Å². The van der Waals surface area contributed by atoms with Gasteiger partial charge in [0, 0.05) is 18.8 Å². The summed E-state index contributed by atoms with van der Waals surface area (Å²) in [6.45, 7) is 0. The highest BCUT2D eigenvalue weighted by atomic mass is 32.2. The van der Waals surface area contributed by atoms with E-state index in [9.17, 15) is 18.5 Å². The summed E-state index contributed by atoms with van der Waals surface area (Å²) in [7, 11) is -2.54. The minimum atomic E-state index is -4.12. The summed E-state index contributed by atoms with van der Waals surface area (Å²) in [6, 6.07) is 3.73. The molecular formula is C9H9N5O4S2. The molecule has 0 saturated carbocycles. The van der Waals surface area contributed by atoms with Crippen LogP contribution in [0.2, 0.25) is 0 Å². The van der Waals surface area contributed by atoms with Crippen LogP contribution in [0.3, 0.4) is 0 Å². The van der Waals surface area contributed by atoms with Gasteiger partial charge in [0.05, 0.1) is 4.92 Å². The molecule has 2 N–H and O–H groups in total. The number of sulfonamides is 1. The average Bonchev–Trinajstić information content (AvgIpc) is 2.90. The fourth-order valence-corrected chi connectivity index (χ4v) is 3.31. The number of nitro benzene ring substituents is 1. The van der Waals surface area contributed by atoms with Crippen molar-refractivity contribution in [1.82, 2.24) is 10.2 Å². The van der Waals surface area contributed by atoms with Gasteiger partial charge in [-0.05, 0) is 12.1 Å². The lowest BCUT2D eigenvalue weighted by atomic mass is 10.3. The van der Waals surface area contributed by atoms with Crippen molar-refractivity contribution >= 4 is 37.9 Å². The van der Waals surface area contributed by atoms with Crippen LogP contribution in [-0.4, -0.2) is 30.6 Å². The number of hydrogen-bond acceptors (Lipinski definition) is 8. The van der Waals surface area contributed by atoms with Crippen molar-refractivity contribution in [3.8, 4) is 0 Å². The van der Waals surface area contributed by atoms with Gasteiger partial charge in [-0.15, -0.1) is 10.2 Å². The van der Waals surface area contributed by atoms with Gasteiger partial charge in [-0.2, -0.15) is 0 Å². The van der Waals surface area contributed by atoms with Crippen molar-refractivity contribution in [3.63, 3.8) is 0 Å². The number of aromatic nitrogens is 2. The van der Waals surface area contributed by atoms with E-state index >= 15 is 0 Å². The van der Waals surface area contributed by atoms with Gasteiger partial charge in [-0.1, -0.05) is 11.3 Å². The monoisotopic (exact) mass is 315 g/mol. The zero-order valence-corrected chi connectivity index (χ0v) is 11.7. The number of hydrogen-bond donors (Lipinski definition) is 2. The Morgan fingerprint density at radius 1 is 1.40 bits per heavy atom. The Hall–Kier alpha value is -2.27. The van der Waals surface area contributed by atoms with Crippen LogP contribution in [0.1, 0.15) is 0 Å². The molecule has 2 rings (SSSR count). The van der Waals surface area contributed by atoms with E-state index in [0.717, 1.165) is 17.4 Å². The summed E-state index contributed by atoms with van der Waals surface area (Å²) in [5.41, 5.74) is 1.27. The lowest BCUT2D eigenvalue weighted by Crippen LogP contribution is -2.15. The van der Waals surface area contributed by atoms with Crippen molar-refractivity contribution in [3.05, 3.63) is 33.8 Å². The number of nitrogens with zero attached hydrogens (tertiary/aromatic N) is 3.